The number of ether oxygens (including phenoxy) is 2. The molecule has 3 rings (SSSR count). The first-order valence-corrected chi connectivity index (χ1v) is 9.95. The number of carbonyl (C=O) groups excluding carboxylic acids is 2. The number of fused-ring (bicyclic) bond motifs is 2. The summed E-state index contributed by atoms with van der Waals surface area (Å²) in [7, 11) is 0. The topological polar surface area (TPSA) is 52.6 Å². The van der Waals surface area contributed by atoms with Gasteiger partial charge in [-0.15, -0.1) is 0 Å². The summed E-state index contributed by atoms with van der Waals surface area (Å²) in [6.45, 7) is 7.26. The highest BCUT2D eigenvalue weighted by Crippen LogP contribution is 2.53. The minimum atomic E-state index is -0.831. The maximum Gasteiger partial charge on any atom is 0.187 e. The molecular formula is C23H30O4. The molecule has 0 amide bonds. The number of hydrogen-bond donors (Lipinski definition) is 0. The fraction of sp³-hybridized carbons (Fsp3) is 0.565. The van der Waals surface area contributed by atoms with Crippen LogP contribution in [0.2, 0.25) is 0 Å². The summed E-state index contributed by atoms with van der Waals surface area (Å²) < 4.78 is 12.1. The third kappa shape index (κ3) is 3.78. The molecule has 0 N–H and O–H groups in total. The third-order valence-electron chi connectivity index (χ3n) is 6.18. The van der Waals surface area contributed by atoms with E-state index in [4.69, 9.17) is 9.47 Å². The zero-order valence-corrected chi connectivity index (χ0v) is 16.6. The van der Waals surface area contributed by atoms with E-state index in [2.05, 4.69) is 12.1 Å². The molecule has 2 heterocycles. The van der Waals surface area contributed by atoms with E-state index >= 15 is 0 Å². The third-order valence-corrected chi connectivity index (χ3v) is 6.18. The number of hydrogen-bond acceptors (Lipinski definition) is 4. The molecule has 1 fully saturated rings. The second-order valence-electron chi connectivity index (χ2n) is 8.23. The van der Waals surface area contributed by atoms with Gasteiger partial charge in [0.25, 0.3) is 0 Å². The maximum atomic E-state index is 12.8. The van der Waals surface area contributed by atoms with Crippen molar-refractivity contribution in [3.63, 3.8) is 0 Å². The SMILES string of the molecule is CC(C)[C@@]12C[C@@H](C=O)[C@@](C)(O1)C(CCCCOCc1ccccc1)=CC2=O. The molecule has 0 unspecified atom stereocenters. The van der Waals surface area contributed by atoms with Crippen LogP contribution in [-0.2, 0) is 25.7 Å². The quantitative estimate of drug-likeness (QED) is 0.481. The van der Waals surface area contributed by atoms with Crippen molar-refractivity contribution in [1.82, 2.24) is 0 Å². The average molecular weight is 370 g/mol. The molecule has 0 saturated carbocycles. The van der Waals surface area contributed by atoms with E-state index in [0.717, 1.165) is 31.1 Å². The minimum absolute atomic E-state index is 0.0228. The molecule has 0 aliphatic carbocycles. The molecule has 2 bridgehead atoms. The highest BCUT2D eigenvalue weighted by molar-refractivity contribution is 6.00. The van der Waals surface area contributed by atoms with Gasteiger partial charge in [0, 0.05) is 6.61 Å². The van der Waals surface area contributed by atoms with Gasteiger partial charge in [-0.3, -0.25) is 4.79 Å². The van der Waals surface area contributed by atoms with Crippen LogP contribution in [0.15, 0.2) is 42.0 Å². The molecule has 1 saturated heterocycles. The molecule has 2 aliphatic heterocycles. The number of carbonyl (C=O) groups is 2. The van der Waals surface area contributed by atoms with E-state index in [9.17, 15) is 9.59 Å². The maximum absolute atomic E-state index is 12.8. The van der Waals surface area contributed by atoms with E-state index in [1.54, 1.807) is 6.08 Å². The van der Waals surface area contributed by atoms with Crippen molar-refractivity contribution in [2.24, 2.45) is 11.8 Å². The van der Waals surface area contributed by atoms with E-state index < -0.39 is 11.2 Å². The Morgan fingerprint density at radius 1 is 1.26 bits per heavy atom. The van der Waals surface area contributed by atoms with Gasteiger partial charge in [0.15, 0.2) is 5.78 Å². The molecule has 4 nitrogen and oxygen atoms in total. The van der Waals surface area contributed by atoms with Crippen molar-refractivity contribution in [2.45, 2.75) is 64.3 Å². The number of benzene rings is 1. The van der Waals surface area contributed by atoms with Gasteiger partial charge in [-0.2, -0.15) is 0 Å². The van der Waals surface area contributed by atoms with Gasteiger partial charge in [-0.1, -0.05) is 44.2 Å². The van der Waals surface area contributed by atoms with Gasteiger partial charge in [0.2, 0.25) is 0 Å². The Hall–Kier alpha value is -1.78. The molecule has 3 atom stereocenters. The lowest BCUT2D eigenvalue weighted by Crippen LogP contribution is -2.49. The summed E-state index contributed by atoms with van der Waals surface area (Å²) in [5.41, 5.74) is 0.651. The smallest absolute Gasteiger partial charge is 0.187 e. The van der Waals surface area contributed by atoms with Crippen LogP contribution < -0.4 is 0 Å². The van der Waals surface area contributed by atoms with Gasteiger partial charge < -0.3 is 14.3 Å². The molecule has 2 aliphatic rings. The molecule has 4 heteroatoms. The molecule has 0 spiro atoms. The Kier molecular flexibility index (Phi) is 5.97. The lowest BCUT2D eigenvalue weighted by Gasteiger charge is -2.40. The number of aldehydes is 1. The van der Waals surface area contributed by atoms with E-state index in [0.29, 0.717) is 19.6 Å². The molecule has 1 aromatic carbocycles. The molecule has 0 aromatic heterocycles. The van der Waals surface area contributed by atoms with Crippen molar-refractivity contribution in [1.29, 1.82) is 0 Å². The van der Waals surface area contributed by atoms with Gasteiger partial charge in [-0.05, 0) is 55.7 Å². The molecule has 0 radical (unpaired) electrons. The lowest BCUT2D eigenvalue weighted by molar-refractivity contribution is -0.157. The Morgan fingerprint density at radius 2 is 2.00 bits per heavy atom. The Bertz CT molecular complexity index is 708. The Labute approximate surface area is 161 Å². The van der Waals surface area contributed by atoms with Crippen LogP contribution in [0, 0.1) is 11.8 Å². The van der Waals surface area contributed by atoms with E-state index in [1.807, 2.05) is 39.0 Å². The number of unbranched alkanes of at least 4 members (excludes halogenated alkanes) is 1. The predicted octanol–water partition coefficient (Wildman–Crippen LogP) is 4.27. The molecule has 146 valence electrons. The zero-order chi connectivity index (χ0) is 19.5. The van der Waals surface area contributed by atoms with Crippen molar-refractivity contribution in [3.8, 4) is 0 Å². The Morgan fingerprint density at radius 3 is 2.67 bits per heavy atom. The summed E-state index contributed by atoms with van der Waals surface area (Å²) in [6, 6.07) is 10.1. The summed E-state index contributed by atoms with van der Waals surface area (Å²) in [5, 5.41) is 0. The summed E-state index contributed by atoms with van der Waals surface area (Å²) in [6.07, 6.45) is 5.80. The van der Waals surface area contributed by atoms with E-state index in [1.165, 1.54) is 5.56 Å². The second-order valence-corrected chi connectivity index (χ2v) is 8.23. The lowest BCUT2D eigenvalue weighted by atomic mass is 9.80. The monoisotopic (exact) mass is 370 g/mol. The number of rotatable bonds is 9. The summed E-state index contributed by atoms with van der Waals surface area (Å²) in [5.74, 6) is -0.181. The molecule has 1 aromatic rings. The first kappa shape index (κ1) is 20.0. The van der Waals surface area contributed by atoms with Crippen LogP contribution in [0.1, 0.15) is 52.0 Å². The van der Waals surface area contributed by atoms with Crippen molar-refractivity contribution >= 4 is 12.1 Å². The second kappa shape index (κ2) is 8.07. The van der Waals surface area contributed by atoms with Gasteiger partial charge in [0.1, 0.15) is 11.9 Å². The molecule has 27 heavy (non-hydrogen) atoms. The zero-order valence-electron chi connectivity index (χ0n) is 16.6. The standard InChI is InChI=1S/C23H30O4/c1-17(2)23-14-20(15-24)22(3,27-23)19(13-21(23)25)11-7-8-12-26-16-18-9-5-4-6-10-18/h4-6,9-10,13,15,17,20H,7-8,11-12,14,16H2,1-3H3/t20-,22-,23+/m0/s1. The number of ketones is 1. The van der Waals surface area contributed by atoms with Crippen molar-refractivity contribution in [2.75, 3.05) is 6.61 Å². The highest BCUT2D eigenvalue weighted by Gasteiger charge is 2.61. The largest absolute Gasteiger partial charge is 0.377 e. The van der Waals surface area contributed by atoms with Crippen LogP contribution in [-0.4, -0.2) is 29.9 Å². The van der Waals surface area contributed by atoms with E-state index in [-0.39, 0.29) is 17.6 Å². The first-order chi connectivity index (χ1) is 12.9. The molecular weight excluding hydrogens is 340 g/mol. The van der Waals surface area contributed by atoms with Crippen LogP contribution in [0.3, 0.4) is 0 Å². The minimum Gasteiger partial charge on any atom is -0.377 e. The fourth-order valence-corrected chi connectivity index (χ4v) is 4.32. The Balaban J connectivity index is 1.54. The predicted molar refractivity (Wildman–Crippen MR) is 104 cm³/mol. The summed E-state index contributed by atoms with van der Waals surface area (Å²) in [4.78, 5) is 24.5. The van der Waals surface area contributed by atoms with Crippen molar-refractivity contribution in [3.05, 3.63) is 47.5 Å². The van der Waals surface area contributed by atoms with Crippen LogP contribution in [0.4, 0.5) is 0 Å². The first-order valence-electron chi connectivity index (χ1n) is 9.95. The highest BCUT2D eigenvalue weighted by atomic mass is 16.5. The fourth-order valence-electron chi connectivity index (χ4n) is 4.32. The van der Waals surface area contributed by atoms with Crippen LogP contribution in [0.25, 0.3) is 0 Å². The summed E-state index contributed by atoms with van der Waals surface area (Å²) >= 11 is 0. The van der Waals surface area contributed by atoms with Crippen LogP contribution in [0.5, 0.6) is 0 Å². The normalized spacial score (nSPS) is 29.9. The van der Waals surface area contributed by atoms with Gasteiger partial charge >= 0.3 is 0 Å². The average Bonchev–Trinajstić information content (AvgIpc) is 2.95. The van der Waals surface area contributed by atoms with Gasteiger partial charge in [0.05, 0.1) is 18.1 Å². The van der Waals surface area contributed by atoms with Crippen LogP contribution >= 0.6 is 0 Å². The van der Waals surface area contributed by atoms with Gasteiger partial charge in [-0.25, -0.2) is 0 Å². The van der Waals surface area contributed by atoms with Crippen molar-refractivity contribution < 1.29 is 19.1 Å².